The summed E-state index contributed by atoms with van der Waals surface area (Å²) in [5.74, 6) is -0.905. The first-order chi connectivity index (χ1) is 6.61. The van der Waals surface area contributed by atoms with Crippen LogP contribution in [0.5, 0.6) is 0 Å². The van der Waals surface area contributed by atoms with Gasteiger partial charge >= 0.3 is 5.97 Å². The summed E-state index contributed by atoms with van der Waals surface area (Å²) in [4.78, 5) is 11.1. The van der Waals surface area contributed by atoms with Gasteiger partial charge in [-0.25, -0.2) is 4.79 Å². The lowest BCUT2D eigenvalue weighted by Gasteiger charge is -2.14. The zero-order valence-corrected chi connectivity index (χ0v) is 8.85. The van der Waals surface area contributed by atoms with Crippen molar-refractivity contribution in [1.29, 1.82) is 0 Å². The van der Waals surface area contributed by atoms with Gasteiger partial charge in [0.05, 0.1) is 4.99 Å². The second kappa shape index (κ2) is 7.66. The number of hydrogen-bond acceptors (Lipinski definition) is 4. The maximum atomic E-state index is 10.8. The van der Waals surface area contributed by atoms with E-state index in [1.165, 1.54) is 0 Å². The summed E-state index contributed by atoms with van der Waals surface area (Å²) in [5.41, 5.74) is 10.6. The van der Waals surface area contributed by atoms with Gasteiger partial charge in [-0.3, -0.25) is 0 Å². The zero-order chi connectivity index (χ0) is 11.0. The number of unbranched alkanes of at least 4 members (excludes halogenated alkanes) is 1. The monoisotopic (exact) mass is 219 g/mol. The summed E-state index contributed by atoms with van der Waals surface area (Å²) >= 11 is 4.81. The number of carboxylic acid groups (broad SMARTS) is 1. The van der Waals surface area contributed by atoms with Crippen LogP contribution >= 0.6 is 12.2 Å². The van der Waals surface area contributed by atoms with E-state index in [1.54, 1.807) is 0 Å². The highest BCUT2D eigenvalue weighted by molar-refractivity contribution is 7.80. The summed E-state index contributed by atoms with van der Waals surface area (Å²) in [6.07, 6.45) is 2.11. The van der Waals surface area contributed by atoms with Gasteiger partial charge in [-0.1, -0.05) is 12.2 Å². The van der Waals surface area contributed by atoms with Crippen molar-refractivity contribution < 1.29 is 9.90 Å². The maximum Gasteiger partial charge on any atom is 0.326 e. The molecule has 0 aromatic carbocycles. The van der Waals surface area contributed by atoms with Crippen LogP contribution in [-0.4, -0.2) is 35.2 Å². The Morgan fingerprint density at radius 3 is 2.50 bits per heavy atom. The Balaban J connectivity index is 3.90. The minimum absolute atomic E-state index is 0.177. The van der Waals surface area contributed by atoms with Crippen LogP contribution in [0.3, 0.4) is 0 Å². The molecule has 0 aliphatic rings. The third-order valence-electron chi connectivity index (χ3n) is 1.77. The van der Waals surface area contributed by atoms with Crippen LogP contribution in [0.2, 0.25) is 0 Å². The lowest BCUT2D eigenvalue weighted by molar-refractivity contribution is -0.139. The first kappa shape index (κ1) is 13.3. The average Bonchev–Trinajstić information content (AvgIpc) is 2.16. The molecule has 0 aliphatic carbocycles. The van der Waals surface area contributed by atoms with Crippen LogP contribution in [0.4, 0.5) is 0 Å². The molecule has 0 saturated heterocycles. The van der Waals surface area contributed by atoms with Gasteiger partial charge in [0.15, 0.2) is 0 Å². The SMILES string of the molecule is NCCCC[C@H](NC(=S)CN)C(=O)O. The number of hydrogen-bond donors (Lipinski definition) is 4. The van der Waals surface area contributed by atoms with Crippen molar-refractivity contribution in [3.05, 3.63) is 0 Å². The van der Waals surface area contributed by atoms with Crippen molar-refractivity contribution in [3.63, 3.8) is 0 Å². The van der Waals surface area contributed by atoms with Gasteiger partial charge in [0.2, 0.25) is 0 Å². The highest BCUT2D eigenvalue weighted by Crippen LogP contribution is 2.00. The quantitative estimate of drug-likeness (QED) is 0.338. The molecule has 0 amide bonds. The number of rotatable bonds is 7. The van der Waals surface area contributed by atoms with Crippen molar-refractivity contribution in [1.82, 2.24) is 5.32 Å². The molecule has 0 aromatic rings. The van der Waals surface area contributed by atoms with E-state index in [0.717, 1.165) is 12.8 Å². The fraction of sp³-hybridized carbons (Fsp3) is 0.750. The third-order valence-corrected chi connectivity index (χ3v) is 2.05. The van der Waals surface area contributed by atoms with Crippen LogP contribution in [-0.2, 0) is 4.79 Å². The molecule has 1 atom stereocenters. The maximum absolute atomic E-state index is 10.8. The normalized spacial score (nSPS) is 12.1. The lowest BCUT2D eigenvalue weighted by Crippen LogP contribution is -2.42. The van der Waals surface area contributed by atoms with Crippen LogP contribution in [0.15, 0.2) is 0 Å². The molecular formula is C8H17N3O2S. The Kier molecular flexibility index (Phi) is 7.27. The first-order valence-electron chi connectivity index (χ1n) is 4.54. The summed E-state index contributed by atoms with van der Waals surface area (Å²) in [6, 6.07) is -0.641. The van der Waals surface area contributed by atoms with E-state index in [9.17, 15) is 4.79 Å². The summed E-state index contributed by atoms with van der Waals surface area (Å²) in [6.45, 7) is 0.754. The number of nitrogens with one attached hydrogen (secondary N) is 1. The number of aliphatic carboxylic acids is 1. The van der Waals surface area contributed by atoms with E-state index in [1.807, 2.05) is 0 Å². The molecule has 14 heavy (non-hydrogen) atoms. The Bertz CT molecular complexity index is 199. The van der Waals surface area contributed by atoms with E-state index < -0.39 is 12.0 Å². The molecule has 0 bridgehead atoms. The minimum Gasteiger partial charge on any atom is -0.480 e. The smallest absolute Gasteiger partial charge is 0.326 e. The highest BCUT2D eigenvalue weighted by atomic mass is 32.1. The Morgan fingerprint density at radius 1 is 1.43 bits per heavy atom. The number of thiocarbonyl (C=S) groups is 1. The van der Waals surface area contributed by atoms with E-state index in [4.69, 9.17) is 28.8 Å². The molecule has 0 spiro atoms. The second-order valence-electron chi connectivity index (χ2n) is 2.95. The molecule has 0 fully saturated rings. The molecule has 6 N–H and O–H groups in total. The van der Waals surface area contributed by atoms with Crippen LogP contribution in [0, 0.1) is 0 Å². The van der Waals surface area contributed by atoms with E-state index in [2.05, 4.69) is 5.32 Å². The van der Waals surface area contributed by atoms with Crippen molar-refractivity contribution in [2.45, 2.75) is 25.3 Å². The van der Waals surface area contributed by atoms with Gasteiger partial charge in [0.1, 0.15) is 6.04 Å². The minimum atomic E-state index is -0.905. The lowest BCUT2D eigenvalue weighted by atomic mass is 10.1. The van der Waals surface area contributed by atoms with E-state index >= 15 is 0 Å². The van der Waals surface area contributed by atoms with E-state index in [-0.39, 0.29) is 6.54 Å². The topological polar surface area (TPSA) is 101 Å². The second-order valence-corrected chi connectivity index (χ2v) is 3.44. The van der Waals surface area contributed by atoms with Crippen molar-refractivity contribution in [2.24, 2.45) is 11.5 Å². The van der Waals surface area contributed by atoms with Gasteiger partial charge in [-0.15, -0.1) is 0 Å². The fourth-order valence-corrected chi connectivity index (χ4v) is 1.15. The molecule has 0 saturated carbocycles. The predicted molar refractivity (Wildman–Crippen MR) is 59.1 cm³/mol. The van der Waals surface area contributed by atoms with Gasteiger partial charge in [-0.05, 0) is 25.8 Å². The summed E-state index contributed by atoms with van der Waals surface area (Å²) < 4.78 is 0. The Hall–Kier alpha value is -0.720. The number of carbonyl (C=O) groups is 1. The molecule has 0 aromatic heterocycles. The van der Waals surface area contributed by atoms with Crippen molar-refractivity contribution >= 4 is 23.2 Å². The fourth-order valence-electron chi connectivity index (χ4n) is 1.00. The first-order valence-corrected chi connectivity index (χ1v) is 4.95. The standard InChI is InChI=1S/C8H17N3O2S/c9-4-2-1-3-6(8(12)13)11-7(14)5-10/h6H,1-5,9-10H2,(H,11,14)(H,12,13)/t6-/m0/s1. The van der Waals surface area contributed by atoms with Crippen LogP contribution in [0.25, 0.3) is 0 Å². The molecule has 0 radical (unpaired) electrons. The van der Waals surface area contributed by atoms with Crippen molar-refractivity contribution in [3.8, 4) is 0 Å². The molecule has 5 nitrogen and oxygen atoms in total. The van der Waals surface area contributed by atoms with Gasteiger partial charge in [-0.2, -0.15) is 0 Å². The molecule has 0 aliphatic heterocycles. The Morgan fingerprint density at radius 2 is 2.07 bits per heavy atom. The van der Waals surface area contributed by atoms with Gasteiger partial charge in [0, 0.05) is 6.54 Å². The molecule has 0 heterocycles. The third kappa shape index (κ3) is 5.85. The predicted octanol–water partition coefficient (Wildman–Crippen LogP) is -0.556. The average molecular weight is 219 g/mol. The van der Waals surface area contributed by atoms with Crippen LogP contribution < -0.4 is 16.8 Å². The Labute approximate surface area is 88.8 Å². The van der Waals surface area contributed by atoms with Gasteiger partial charge < -0.3 is 21.9 Å². The molecule has 82 valence electrons. The summed E-state index contributed by atoms with van der Waals surface area (Å²) in [7, 11) is 0. The highest BCUT2D eigenvalue weighted by Gasteiger charge is 2.16. The van der Waals surface area contributed by atoms with Gasteiger partial charge in [0.25, 0.3) is 0 Å². The zero-order valence-electron chi connectivity index (χ0n) is 8.03. The molecule has 0 unspecified atom stereocenters. The molecule has 0 rings (SSSR count). The largest absolute Gasteiger partial charge is 0.480 e. The molecular weight excluding hydrogens is 202 g/mol. The number of nitrogens with two attached hydrogens (primary N) is 2. The summed E-state index contributed by atoms with van der Waals surface area (Å²) in [5, 5.41) is 11.5. The van der Waals surface area contributed by atoms with Crippen LogP contribution in [0.1, 0.15) is 19.3 Å². The van der Waals surface area contributed by atoms with Crippen molar-refractivity contribution in [2.75, 3.05) is 13.1 Å². The van der Waals surface area contributed by atoms with E-state index in [0.29, 0.717) is 18.0 Å². The molecule has 6 heteroatoms. The number of carboxylic acids is 1.